The molecule has 4 heterocycles. The number of benzene rings is 1. The third-order valence-corrected chi connectivity index (χ3v) is 5.99. The SMILES string of the molecule is CNc1nc(NC(=O)c2ccc(N3CCC(NC)C3)c3cn(C)nc23)cn2cc(C)nc12. The van der Waals surface area contributed by atoms with Crippen molar-refractivity contribution in [1.82, 2.24) is 29.5 Å². The molecule has 166 valence electrons. The van der Waals surface area contributed by atoms with E-state index in [0.29, 0.717) is 34.4 Å². The topological polar surface area (TPSA) is 104 Å². The average Bonchev–Trinajstić information content (AvgIpc) is 3.49. The van der Waals surface area contributed by atoms with Gasteiger partial charge in [-0.15, -0.1) is 0 Å². The van der Waals surface area contributed by atoms with Gasteiger partial charge in [0.15, 0.2) is 17.3 Å². The summed E-state index contributed by atoms with van der Waals surface area (Å²) in [5.74, 6) is 0.789. The molecule has 0 saturated carbocycles. The molecule has 10 heteroatoms. The van der Waals surface area contributed by atoms with Gasteiger partial charge in [0, 0.05) is 56.7 Å². The van der Waals surface area contributed by atoms with Gasteiger partial charge in [0.05, 0.1) is 17.5 Å². The molecule has 5 rings (SSSR count). The third-order valence-electron chi connectivity index (χ3n) is 5.99. The lowest BCUT2D eigenvalue weighted by Crippen LogP contribution is -2.29. The molecule has 1 atom stereocenters. The highest BCUT2D eigenvalue weighted by molar-refractivity contribution is 6.13. The van der Waals surface area contributed by atoms with Crippen LogP contribution in [0.15, 0.2) is 30.7 Å². The summed E-state index contributed by atoms with van der Waals surface area (Å²) in [7, 11) is 5.66. The Labute approximate surface area is 185 Å². The lowest BCUT2D eigenvalue weighted by atomic mass is 10.1. The lowest BCUT2D eigenvalue weighted by molar-refractivity contribution is 0.102. The zero-order chi connectivity index (χ0) is 22.4. The Balaban J connectivity index is 1.49. The maximum atomic E-state index is 13.2. The summed E-state index contributed by atoms with van der Waals surface area (Å²) >= 11 is 0. The summed E-state index contributed by atoms with van der Waals surface area (Å²) in [6.45, 7) is 3.83. The molecule has 3 aromatic heterocycles. The number of nitrogens with zero attached hydrogens (tertiary/aromatic N) is 6. The zero-order valence-corrected chi connectivity index (χ0v) is 18.7. The third kappa shape index (κ3) is 3.42. The first-order chi connectivity index (χ1) is 15.5. The number of hydrogen-bond donors (Lipinski definition) is 3. The molecule has 1 aliphatic rings. The monoisotopic (exact) mass is 433 g/mol. The fourth-order valence-electron chi connectivity index (χ4n) is 4.41. The van der Waals surface area contributed by atoms with Gasteiger partial charge in [-0.2, -0.15) is 5.10 Å². The molecule has 0 bridgehead atoms. The number of rotatable bonds is 5. The van der Waals surface area contributed by atoms with Crippen LogP contribution in [0.5, 0.6) is 0 Å². The van der Waals surface area contributed by atoms with Crippen molar-refractivity contribution >= 4 is 39.8 Å². The van der Waals surface area contributed by atoms with Crippen LogP contribution in [0.25, 0.3) is 16.6 Å². The normalized spacial score (nSPS) is 16.2. The number of imidazole rings is 1. The summed E-state index contributed by atoms with van der Waals surface area (Å²) < 4.78 is 3.61. The molecule has 0 radical (unpaired) electrons. The molecule has 0 spiro atoms. The number of amides is 1. The largest absolute Gasteiger partial charge is 0.370 e. The van der Waals surface area contributed by atoms with E-state index in [2.05, 4.69) is 35.9 Å². The van der Waals surface area contributed by atoms with Gasteiger partial charge in [-0.3, -0.25) is 9.48 Å². The average molecular weight is 434 g/mol. The van der Waals surface area contributed by atoms with Gasteiger partial charge in [0.25, 0.3) is 5.91 Å². The number of carbonyl (C=O) groups excluding carboxylic acids is 1. The van der Waals surface area contributed by atoms with Crippen molar-refractivity contribution in [2.45, 2.75) is 19.4 Å². The first-order valence-electron chi connectivity index (χ1n) is 10.7. The van der Waals surface area contributed by atoms with Crippen LogP contribution in [0.3, 0.4) is 0 Å². The van der Waals surface area contributed by atoms with Crippen molar-refractivity contribution < 1.29 is 4.79 Å². The van der Waals surface area contributed by atoms with Crippen LogP contribution in [-0.4, -0.2) is 63.3 Å². The fourth-order valence-corrected chi connectivity index (χ4v) is 4.41. The maximum absolute atomic E-state index is 13.2. The van der Waals surface area contributed by atoms with Gasteiger partial charge in [-0.25, -0.2) is 9.97 Å². The van der Waals surface area contributed by atoms with E-state index in [4.69, 9.17) is 0 Å². The van der Waals surface area contributed by atoms with Crippen LogP contribution in [0.1, 0.15) is 22.5 Å². The summed E-state index contributed by atoms with van der Waals surface area (Å²) in [5, 5.41) is 14.9. The van der Waals surface area contributed by atoms with Crippen molar-refractivity contribution in [2.75, 3.05) is 42.7 Å². The van der Waals surface area contributed by atoms with Crippen LogP contribution < -0.4 is 20.9 Å². The van der Waals surface area contributed by atoms with Crippen molar-refractivity contribution in [3.05, 3.63) is 42.0 Å². The van der Waals surface area contributed by atoms with E-state index in [0.717, 1.165) is 36.3 Å². The number of carbonyl (C=O) groups is 1. The fraction of sp³-hybridized carbons (Fsp3) is 0.364. The van der Waals surface area contributed by atoms with E-state index in [1.54, 1.807) is 17.9 Å². The Kier molecular flexibility index (Phi) is 4.93. The minimum absolute atomic E-state index is 0.250. The number of aromatic nitrogens is 5. The molecule has 1 saturated heterocycles. The standard InChI is InChI=1S/C22H27N9O/c1-13-9-31-12-18(26-20(24-3)21(31)25-13)27-22(32)15-5-6-17(16-11-29(4)28-19(15)16)30-8-7-14(10-30)23-2/h5-6,9,11-12,14,23H,7-8,10H2,1-4H3,(H,24,26)(H,27,32). The van der Waals surface area contributed by atoms with Crippen LogP contribution in [-0.2, 0) is 7.05 Å². The van der Waals surface area contributed by atoms with Gasteiger partial charge in [0.1, 0.15) is 5.52 Å². The van der Waals surface area contributed by atoms with Crippen molar-refractivity contribution in [3.63, 3.8) is 0 Å². The van der Waals surface area contributed by atoms with Gasteiger partial charge in [0.2, 0.25) is 0 Å². The molecule has 1 aliphatic heterocycles. The number of nitrogens with one attached hydrogen (secondary N) is 3. The minimum atomic E-state index is -0.250. The van der Waals surface area contributed by atoms with Gasteiger partial charge in [-0.1, -0.05) is 0 Å². The van der Waals surface area contributed by atoms with Crippen LogP contribution in [0.4, 0.5) is 17.3 Å². The summed E-state index contributed by atoms with van der Waals surface area (Å²) in [4.78, 5) is 24.6. The molecule has 1 unspecified atom stereocenters. The highest BCUT2D eigenvalue weighted by Crippen LogP contribution is 2.31. The van der Waals surface area contributed by atoms with Gasteiger partial charge in [-0.05, 0) is 32.5 Å². The van der Waals surface area contributed by atoms with Crippen LogP contribution in [0.2, 0.25) is 0 Å². The van der Waals surface area contributed by atoms with Crippen molar-refractivity contribution in [3.8, 4) is 0 Å². The molecule has 32 heavy (non-hydrogen) atoms. The van der Waals surface area contributed by atoms with E-state index in [9.17, 15) is 4.79 Å². The number of anilines is 3. The Morgan fingerprint density at radius 2 is 2.00 bits per heavy atom. The summed E-state index contributed by atoms with van der Waals surface area (Å²) in [6.07, 6.45) is 6.73. The first kappa shape index (κ1) is 20.3. The van der Waals surface area contributed by atoms with E-state index < -0.39 is 0 Å². The molecule has 4 aromatic rings. The molecule has 0 aliphatic carbocycles. The molecule has 1 amide bonds. The zero-order valence-electron chi connectivity index (χ0n) is 18.7. The molecule has 3 N–H and O–H groups in total. The predicted octanol–water partition coefficient (Wildman–Crippen LogP) is 2.02. The summed E-state index contributed by atoms with van der Waals surface area (Å²) in [6, 6.07) is 4.34. The second-order valence-corrected chi connectivity index (χ2v) is 8.21. The molecular weight excluding hydrogens is 406 g/mol. The smallest absolute Gasteiger partial charge is 0.259 e. The second-order valence-electron chi connectivity index (χ2n) is 8.21. The Hall–Kier alpha value is -3.66. The Bertz CT molecular complexity index is 1320. The van der Waals surface area contributed by atoms with E-state index in [-0.39, 0.29) is 5.91 Å². The highest BCUT2D eigenvalue weighted by atomic mass is 16.1. The number of likely N-dealkylation sites (N-methyl/N-ethyl adjacent to an activating group) is 1. The molecule has 1 aromatic carbocycles. The van der Waals surface area contributed by atoms with Gasteiger partial charge >= 0.3 is 0 Å². The molecular formula is C22H27N9O. The van der Waals surface area contributed by atoms with E-state index >= 15 is 0 Å². The number of aryl methyl sites for hydroxylation is 2. The first-order valence-corrected chi connectivity index (χ1v) is 10.7. The minimum Gasteiger partial charge on any atom is -0.370 e. The van der Waals surface area contributed by atoms with E-state index in [1.165, 1.54) is 0 Å². The second kappa shape index (κ2) is 7.79. The molecule has 10 nitrogen and oxygen atoms in total. The lowest BCUT2D eigenvalue weighted by Gasteiger charge is -2.20. The molecule has 1 fully saturated rings. The predicted molar refractivity (Wildman–Crippen MR) is 126 cm³/mol. The Morgan fingerprint density at radius 1 is 1.16 bits per heavy atom. The van der Waals surface area contributed by atoms with Crippen LogP contribution >= 0.6 is 0 Å². The number of hydrogen-bond acceptors (Lipinski definition) is 7. The quantitative estimate of drug-likeness (QED) is 0.442. The highest BCUT2D eigenvalue weighted by Gasteiger charge is 2.25. The maximum Gasteiger partial charge on any atom is 0.259 e. The summed E-state index contributed by atoms with van der Waals surface area (Å²) in [5.41, 5.74) is 3.89. The van der Waals surface area contributed by atoms with Crippen molar-refractivity contribution in [1.29, 1.82) is 0 Å². The van der Waals surface area contributed by atoms with Gasteiger partial charge < -0.3 is 25.3 Å². The van der Waals surface area contributed by atoms with Crippen molar-refractivity contribution in [2.24, 2.45) is 7.05 Å². The Morgan fingerprint density at radius 3 is 2.75 bits per heavy atom. The van der Waals surface area contributed by atoms with Crippen LogP contribution in [0, 0.1) is 6.92 Å². The number of fused-ring (bicyclic) bond motifs is 2. The van der Waals surface area contributed by atoms with E-state index in [1.807, 2.05) is 49.9 Å².